The summed E-state index contributed by atoms with van der Waals surface area (Å²) in [6.45, 7) is 0. The van der Waals surface area contributed by atoms with Crippen LogP contribution in [0.3, 0.4) is 0 Å². The van der Waals surface area contributed by atoms with E-state index in [4.69, 9.17) is 4.42 Å². The van der Waals surface area contributed by atoms with Gasteiger partial charge < -0.3 is 4.42 Å². The summed E-state index contributed by atoms with van der Waals surface area (Å²) in [4.78, 5) is 12.0. The molecule has 2 nitrogen and oxygen atoms in total. The molecule has 74 valence electrons. The maximum Gasteiger partial charge on any atom is 0.174 e. The first-order valence-electron chi connectivity index (χ1n) is 5.02. The number of rotatable bonds is 1. The standard InChI is InChI=1S/C13H10O2/c14-13-10-5-2-1-4-9(10)8-11(13)12-6-3-7-15-12/h1-7,11H,8H2. The molecule has 1 aromatic carbocycles. The van der Waals surface area contributed by atoms with Crippen LogP contribution in [0, 0.1) is 0 Å². The predicted octanol–water partition coefficient (Wildman–Crippen LogP) is 2.80. The molecule has 1 unspecified atom stereocenters. The highest BCUT2D eigenvalue weighted by molar-refractivity contribution is 6.04. The molecule has 15 heavy (non-hydrogen) atoms. The molecule has 1 aliphatic carbocycles. The minimum atomic E-state index is -0.114. The number of carbonyl (C=O) groups is 1. The van der Waals surface area contributed by atoms with Crippen LogP contribution in [0.25, 0.3) is 0 Å². The van der Waals surface area contributed by atoms with Gasteiger partial charge in [0.25, 0.3) is 0 Å². The van der Waals surface area contributed by atoms with Crippen molar-refractivity contribution in [2.24, 2.45) is 0 Å². The number of fused-ring (bicyclic) bond motifs is 1. The van der Waals surface area contributed by atoms with Crippen LogP contribution in [0.1, 0.15) is 27.6 Å². The first-order chi connectivity index (χ1) is 7.36. The van der Waals surface area contributed by atoms with Crippen LogP contribution in [0.15, 0.2) is 47.1 Å². The third kappa shape index (κ3) is 1.22. The Morgan fingerprint density at radius 3 is 2.73 bits per heavy atom. The second-order valence-electron chi connectivity index (χ2n) is 3.79. The van der Waals surface area contributed by atoms with Gasteiger partial charge in [0.05, 0.1) is 12.2 Å². The summed E-state index contributed by atoms with van der Waals surface area (Å²) >= 11 is 0. The van der Waals surface area contributed by atoms with Crippen molar-refractivity contribution in [2.75, 3.05) is 0 Å². The molecule has 0 bridgehead atoms. The number of Topliss-reactive ketones (excluding diaryl/α,β-unsaturated/α-hetero) is 1. The van der Waals surface area contributed by atoms with Gasteiger partial charge in [-0.05, 0) is 24.1 Å². The Bertz CT molecular complexity index is 497. The van der Waals surface area contributed by atoms with Gasteiger partial charge in [0.2, 0.25) is 0 Å². The number of ketones is 1. The zero-order valence-corrected chi connectivity index (χ0v) is 8.14. The van der Waals surface area contributed by atoms with Gasteiger partial charge in [0.1, 0.15) is 5.76 Å². The van der Waals surface area contributed by atoms with E-state index in [1.165, 1.54) is 0 Å². The largest absolute Gasteiger partial charge is 0.469 e. The van der Waals surface area contributed by atoms with Crippen molar-refractivity contribution in [1.29, 1.82) is 0 Å². The van der Waals surface area contributed by atoms with Crippen LogP contribution in [0.4, 0.5) is 0 Å². The van der Waals surface area contributed by atoms with Gasteiger partial charge in [-0.2, -0.15) is 0 Å². The molecular weight excluding hydrogens is 188 g/mol. The number of benzene rings is 1. The fraction of sp³-hybridized carbons (Fsp3) is 0.154. The fourth-order valence-electron chi connectivity index (χ4n) is 2.16. The van der Waals surface area contributed by atoms with Gasteiger partial charge in [-0.3, -0.25) is 4.79 Å². The van der Waals surface area contributed by atoms with Crippen molar-refractivity contribution >= 4 is 5.78 Å². The quantitative estimate of drug-likeness (QED) is 0.705. The molecule has 0 spiro atoms. The van der Waals surface area contributed by atoms with E-state index in [0.29, 0.717) is 0 Å². The van der Waals surface area contributed by atoms with Crippen LogP contribution >= 0.6 is 0 Å². The molecule has 0 aliphatic heterocycles. The lowest BCUT2D eigenvalue weighted by Gasteiger charge is -2.02. The van der Waals surface area contributed by atoms with E-state index < -0.39 is 0 Å². The van der Waals surface area contributed by atoms with Crippen LogP contribution < -0.4 is 0 Å². The summed E-state index contributed by atoms with van der Waals surface area (Å²) in [6.07, 6.45) is 2.38. The topological polar surface area (TPSA) is 30.2 Å². The highest BCUT2D eigenvalue weighted by Gasteiger charge is 2.32. The van der Waals surface area contributed by atoms with Crippen molar-refractivity contribution < 1.29 is 9.21 Å². The lowest BCUT2D eigenvalue weighted by atomic mass is 10.0. The molecule has 0 fully saturated rings. The molecule has 0 N–H and O–H groups in total. The van der Waals surface area contributed by atoms with Crippen molar-refractivity contribution in [3.8, 4) is 0 Å². The molecule has 1 aliphatic rings. The molecule has 2 aromatic rings. The van der Waals surface area contributed by atoms with Crippen LogP contribution in [0.2, 0.25) is 0 Å². The van der Waals surface area contributed by atoms with Gasteiger partial charge in [0, 0.05) is 5.56 Å². The molecule has 0 saturated heterocycles. The molecule has 0 radical (unpaired) electrons. The first kappa shape index (κ1) is 8.48. The maximum atomic E-state index is 12.0. The molecule has 0 amide bonds. The van der Waals surface area contributed by atoms with Crippen molar-refractivity contribution in [3.63, 3.8) is 0 Å². The van der Waals surface area contributed by atoms with E-state index in [0.717, 1.165) is 23.3 Å². The van der Waals surface area contributed by atoms with E-state index >= 15 is 0 Å². The number of hydrogen-bond acceptors (Lipinski definition) is 2. The second-order valence-corrected chi connectivity index (χ2v) is 3.79. The highest BCUT2D eigenvalue weighted by Crippen LogP contribution is 2.33. The van der Waals surface area contributed by atoms with Gasteiger partial charge in [0.15, 0.2) is 5.78 Å². The van der Waals surface area contributed by atoms with E-state index in [2.05, 4.69) is 0 Å². The van der Waals surface area contributed by atoms with Gasteiger partial charge in [-0.25, -0.2) is 0 Å². The minimum Gasteiger partial charge on any atom is -0.469 e. The predicted molar refractivity (Wildman–Crippen MR) is 55.9 cm³/mol. The third-order valence-electron chi connectivity index (χ3n) is 2.91. The van der Waals surface area contributed by atoms with Gasteiger partial charge in [-0.1, -0.05) is 24.3 Å². The van der Waals surface area contributed by atoms with Gasteiger partial charge >= 0.3 is 0 Å². The van der Waals surface area contributed by atoms with E-state index in [1.54, 1.807) is 6.26 Å². The Kier molecular flexibility index (Phi) is 1.75. The van der Waals surface area contributed by atoms with Crippen LogP contribution in [-0.2, 0) is 6.42 Å². The molecule has 3 rings (SSSR count). The maximum absolute atomic E-state index is 12.0. The summed E-state index contributed by atoms with van der Waals surface area (Å²) in [6, 6.07) is 11.5. The SMILES string of the molecule is O=C1c2ccccc2CC1c1ccco1. The molecule has 1 heterocycles. The number of hydrogen-bond donors (Lipinski definition) is 0. The Hall–Kier alpha value is -1.83. The Morgan fingerprint density at radius 2 is 2.00 bits per heavy atom. The van der Waals surface area contributed by atoms with Crippen molar-refractivity contribution in [2.45, 2.75) is 12.3 Å². The molecule has 1 atom stereocenters. The van der Waals surface area contributed by atoms with Gasteiger partial charge in [-0.15, -0.1) is 0 Å². The lowest BCUT2D eigenvalue weighted by Crippen LogP contribution is -2.05. The lowest BCUT2D eigenvalue weighted by molar-refractivity contribution is 0.0964. The van der Waals surface area contributed by atoms with Crippen molar-refractivity contribution in [3.05, 3.63) is 59.5 Å². The monoisotopic (exact) mass is 198 g/mol. The summed E-state index contributed by atoms with van der Waals surface area (Å²) in [5, 5.41) is 0. The first-order valence-corrected chi connectivity index (χ1v) is 5.02. The Balaban J connectivity index is 2.04. The number of furan rings is 1. The van der Waals surface area contributed by atoms with E-state index in [9.17, 15) is 4.79 Å². The minimum absolute atomic E-state index is 0.114. The van der Waals surface area contributed by atoms with Crippen molar-refractivity contribution in [1.82, 2.24) is 0 Å². The van der Waals surface area contributed by atoms with Crippen LogP contribution in [-0.4, -0.2) is 5.78 Å². The summed E-state index contributed by atoms with van der Waals surface area (Å²) in [5.41, 5.74) is 1.97. The fourth-order valence-corrected chi connectivity index (χ4v) is 2.16. The second kappa shape index (κ2) is 3.09. The summed E-state index contributed by atoms with van der Waals surface area (Å²) in [5.74, 6) is 0.842. The van der Waals surface area contributed by atoms with E-state index in [-0.39, 0.29) is 11.7 Å². The molecule has 2 heteroatoms. The van der Waals surface area contributed by atoms with Crippen LogP contribution in [0.5, 0.6) is 0 Å². The number of carbonyl (C=O) groups excluding carboxylic acids is 1. The Labute approximate surface area is 87.5 Å². The zero-order chi connectivity index (χ0) is 10.3. The zero-order valence-electron chi connectivity index (χ0n) is 8.14. The average molecular weight is 198 g/mol. The summed E-state index contributed by atoms with van der Waals surface area (Å²) < 4.78 is 5.30. The normalized spacial score (nSPS) is 19.2. The van der Waals surface area contributed by atoms with E-state index in [1.807, 2.05) is 36.4 Å². The highest BCUT2D eigenvalue weighted by atomic mass is 16.3. The third-order valence-corrected chi connectivity index (χ3v) is 2.91. The molecule has 1 aromatic heterocycles. The molecule has 0 saturated carbocycles. The average Bonchev–Trinajstić information content (AvgIpc) is 2.87. The smallest absolute Gasteiger partial charge is 0.174 e. The molecular formula is C13H10O2. The summed E-state index contributed by atoms with van der Waals surface area (Å²) in [7, 11) is 0. The Morgan fingerprint density at radius 1 is 1.13 bits per heavy atom.